The number of pyridine rings is 1. The Kier molecular flexibility index (Phi) is 4.52. The summed E-state index contributed by atoms with van der Waals surface area (Å²) in [5.41, 5.74) is -0.500. The second kappa shape index (κ2) is 6.02. The molecule has 0 aliphatic carbocycles. The van der Waals surface area contributed by atoms with Crippen molar-refractivity contribution in [3.8, 4) is 0 Å². The van der Waals surface area contributed by atoms with E-state index in [0.717, 1.165) is 12.8 Å². The number of amides is 1. The third-order valence-corrected chi connectivity index (χ3v) is 4.45. The number of hydrogen-bond donors (Lipinski definition) is 1. The molecule has 1 saturated heterocycles. The van der Waals surface area contributed by atoms with Crippen molar-refractivity contribution in [2.45, 2.75) is 26.7 Å². The molecule has 6 heteroatoms. The van der Waals surface area contributed by atoms with E-state index in [1.807, 2.05) is 0 Å². The fourth-order valence-electron chi connectivity index (χ4n) is 2.59. The van der Waals surface area contributed by atoms with Gasteiger partial charge in [-0.25, -0.2) is 4.98 Å². The summed E-state index contributed by atoms with van der Waals surface area (Å²) < 4.78 is 0. The number of aromatic nitrogens is 1. The van der Waals surface area contributed by atoms with Crippen LogP contribution in [-0.2, 0) is 4.79 Å². The van der Waals surface area contributed by atoms with Crippen LogP contribution in [0.2, 0.25) is 5.02 Å². The molecule has 0 aromatic carbocycles. The van der Waals surface area contributed by atoms with Crippen molar-refractivity contribution in [1.29, 1.82) is 0 Å². The highest BCUT2D eigenvalue weighted by Gasteiger charge is 2.40. The maximum Gasteiger partial charge on any atom is 0.309 e. The van der Waals surface area contributed by atoms with E-state index in [2.05, 4.69) is 4.98 Å². The number of carbonyl (C=O) groups is 2. The highest BCUT2D eigenvalue weighted by molar-refractivity contribution is 6.30. The molecule has 1 aromatic rings. The molecular formula is C15H19ClN2O3. The summed E-state index contributed by atoms with van der Waals surface area (Å²) in [4.78, 5) is 29.5. The molecule has 0 radical (unpaired) electrons. The van der Waals surface area contributed by atoms with Crippen molar-refractivity contribution < 1.29 is 14.7 Å². The summed E-state index contributed by atoms with van der Waals surface area (Å²) in [5, 5.41) is 9.82. The lowest BCUT2D eigenvalue weighted by atomic mass is 9.74. The van der Waals surface area contributed by atoms with Gasteiger partial charge >= 0.3 is 5.97 Å². The largest absolute Gasteiger partial charge is 0.481 e. The normalized spacial score (nSPS) is 19.4. The van der Waals surface area contributed by atoms with Crippen LogP contribution in [0, 0.1) is 11.3 Å². The molecule has 1 atom stereocenters. The van der Waals surface area contributed by atoms with E-state index in [1.54, 1.807) is 30.9 Å². The summed E-state index contributed by atoms with van der Waals surface area (Å²) in [6, 6.07) is 3.22. The van der Waals surface area contributed by atoms with Crippen LogP contribution in [0.25, 0.3) is 0 Å². The molecule has 1 unspecified atom stereocenters. The van der Waals surface area contributed by atoms with E-state index in [1.165, 1.54) is 6.20 Å². The minimum atomic E-state index is -0.841. The Bertz CT molecular complexity index is 542. The number of halogens is 1. The van der Waals surface area contributed by atoms with E-state index in [9.17, 15) is 14.7 Å². The standard InChI is InChI=1S/C15H19ClN2O3/c1-15(2,14(20)21)10-4-3-7-18(9-10)13(19)12-6-5-11(16)8-17-12/h5-6,8,10H,3-4,7,9H2,1-2H3,(H,20,21). The molecule has 2 rings (SSSR count). The lowest BCUT2D eigenvalue weighted by Crippen LogP contribution is -2.47. The van der Waals surface area contributed by atoms with Gasteiger partial charge in [0.05, 0.1) is 10.4 Å². The van der Waals surface area contributed by atoms with Crippen molar-refractivity contribution in [2.75, 3.05) is 13.1 Å². The Morgan fingerprint density at radius 2 is 2.14 bits per heavy atom. The average Bonchev–Trinajstić information content (AvgIpc) is 2.47. The van der Waals surface area contributed by atoms with Gasteiger partial charge in [-0.1, -0.05) is 11.6 Å². The number of carbonyl (C=O) groups excluding carboxylic acids is 1. The van der Waals surface area contributed by atoms with Gasteiger partial charge in [-0.15, -0.1) is 0 Å². The zero-order valence-electron chi connectivity index (χ0n) is 12.2. The first kappa shape index (κ1) is 15.8. The second-order valence-corrected chi connectivity index (χ2v) is 6.42. The van der Waals surface area contributed by atoms with Gasteiger partial charge in [-0.2, -0.15) is 0 Å². The van der Waals surface area contributed by atoms with Crippen LogP contribution in [0.3, 0.4) is 0 Å². The number of aliphatic carboxylic acids is 1. The molecule has 1 fully saturated rings. The third kappa shape index (κ3) is 3.35. The van der Waals surface area contributed by atoms with Crippen LogP contribution in [0.4, 0.5) is 0 Å². The molecule has 1 aromatic heterocycles. The minimum absolute atomic E-state index is 0.0556. The van der Waals surface area contributed by atoms with Crippen LogP contribution in [0.15, 0.2) is 18.3 Å². The molecule has 1 N–H and O–H groups in total. The van der Waals surface area contributed by atoms with Gasteiger partial charge in [-0.3, -0.25) is 9.59 Å². The van der Waals surface area contributed by atoms with Crippen LogP contribution >= 0.6 is 11.6 Å². The van der Waals surface area contributed by atoms with Crippen molar-refractivity contribution in [3.05, 3.63) is 29.0 Å². The molecular weight excluding hydrogens is 292 g/mol. The first-order valence-electron chi connectivity index (χ1n) is 6.96. The summed E-state index contributed by atoms with van der Waals surface area (Å²) in [5.74, 6) is -1.05. The summed E-state index contributed by atoms with van der Waals surface area (Å²) in [6.45, 7) is 4.51. The second-order valence-electron chi connectivity index (χ2n) is 5.98. The Labute approximate surface area is 128 Å². The molecule has 0 bridgehead atoms. The SMILES string of the molecule is CC(C)(C(=O)O)C1CCCN(C(=O)c2ccc(Cl)cn2)C1. The van der Waals surface area contributed by atoms with Crippen LogP contribution in [0.1, 0.15) is 37.2 Å². The van der Waals surface area contributed by atoms with Crippen molar-refractivity contribution in [3.63, 3.8) is 0 Å². The van der Waals surface area contributed by atoms with Gasteiger partial charge in [0.25, 0.3) is 5.91 Å². The lowest BCUT2D eigenvalue weighted by Gasteiger charge is -2.39. The maximum atomic E-state index is 12.4. The van der Waals surface area contributed by atoms with E-state index < -0.39 is 11.4 Å². The summed E-state index contributed by atoms with van der Waals surface area (Å²) in [6.07, 6.45) is 3.06. The molecule has 2 heterocycles. The molecule has 0 spiro atoms. The molecule has 1 aliphatic heterocycles. The fourth-order valence-corrected chi connectivity index (χ4v) is 2.70. The van der Waals surface area contributed by atoms with Gasteiger partial charge in [0.15, 0.2) is 0 Å². The van der Waals surface area contributed by atoms with Gasteiger partial charge in [0, 0.05) is 19.3 Å². The number of carboxylic acid groups (broad SMARTS) is 1. The van der Waals surface area contributed by atoms with Crippen molar-refractivity contribution in [2.24, 2.45) is 11.3 Å². The highest BCUT2D eigenvalue weighted by Crippen LogP contribution is 2.34. The monoisotopic (exact) mass is 310 g/mol. The summed E-state index contributed by atoms with van der Waals surface area (Å²) >= 11 is 5.77. The van der Waals surface area contributed by atoms with Crippen LogP contribution in [0.5, 0.6) is 0 Å². The molecule has 0 saturated carbocycles. The van der Waals surface area contributed by atoms with Crippen LogP contribution in [-0.4, -0.2) is 40.0 Å². The Morgan fingerprint density at radius 1 is 1.43 bits per heavy atom. The Morgan fingerprint density at radius 3 is 2.71 bits per heavy atom. The highest BCUT2D eigenvalue weighted by atomic mass is 35.5. The van der Waals surface area contributed by atoms with Gasteiger partial charge < -0.3 is 10.0 Å². The Hall–Kier alpha value is -1.62. The first-order valence-corrected chi connectivity index (χ1v) is 7.34. The van der Waals surface area contributed by atoms with Crippen molar-refractivity contribution in [1.82, 2.24) is 9.88 Å². The number of piperidine rings is 1. The Balaban J connectivity index is 2.12. The van der Waals surface area contributed by atoms with E-state index >= 15 is 0 Å². The molecule has 1 aliphatic rings. The van der Waals surface area contributed by atoms with Gasteiger partial charge in [0.1, 0.15) is 5.69 Å². The number of carboxylic acids is 1. The smallest absolute Gasteiger partial charge is 0.309 e. The zero-order chi connectivity index (χ0) is 15.6. The topological polar surface area (TPSA) is 70.5 Å². The van der Waals surface area contributed by atoms with E-state index in [0.29, 0.717) is 23.8 Å². The van der Waals surface area contributed by atoms with E-state index in [-0.39, 0.29) is 11.8 Å². The predicted molar refractivity (Wildman–Crippen MR) is 79.3 cm³/mol. The van der Waals surface area contributed by atoms with Gasteiger partial charge in [-0.05, 0) is 44.7 Å². The predicted octanol–water partition coefficient (Wildman–Crippen LogP) is 2.70. The zero-order valence-corrected chi connectivity index (χ0v) is 12.9. The maximum absolute atomic E-state index is 12.4. The minimum Gasteiger partial charge on any atom is -0.481 e. The van der Waals surface area contributed by atoms with E-state index in [4.69, 9.17) is 11.6 Å². The van der Waals surface area contributed by atoms with Crippen molar-refractivity contribution >= 4 is 23.5 Å². The number of nitrogens with zero attached hydrogens (tertiary/aromatic N) is 2. The molecule has 1 amide bonds. The molecule has 21 heavy (non-hydrogen) atoms. The fraction of sp³-hybridized carbons (Fsp3) is 0.533. The number of likely N-dealkylation sites (tertiary alicyclic amines) is 1. The lowest BCUT2D eigenvalue weighted by molar-refractivity contribution is -0.151. The van der Waals surface area contributed by atoms with Gasteiger partial charge in [0.2, 0.25) is 0 Å². The molecule has 114 valence electrons. The third-order valence-electron chi connectivity index (χ3n) is 4.23. The number of rotatable bonds is 3. The first-order chi connectivity index (χ1) is 9.82. The number of hydrogen-bond acceptors (Lipinski definition) is 3. The quantitative estimate of drug-likeness (QED) is 0.932. The molecule has 5 nitrogen and oxygen atoms in total. The average molecular weight is 311 g/mol. The van der Waals surface area contributed by atoms with Crippen LogP contribution < -0.4 is 0 Å². The summed E-state index contributed by atoms with van der Waals surface area (Å²) in [7, 11) is 0.